The Bertz CT molecular complexity index is 3180. The van der Waals surface area contributed by atoms with Gasteiger partial charge in [0.1, 0.15) is 35.5 Å². The van der Waals surface area contributed by atoms with E-state index < -0.39 is 47.4 Å². The van der Waals surface area contributed by atoms with Crippen LogP contribution in [0, 0.1) is 33.1 Å². The number of benzene rings is 3. The van der Waals surface area contributed by atoms with Crippen molar-refractivity contribution in [1.29, 1.82) is 0 Å². The molecular weight excluding hydrogens is 925 g/mol. The van der Waals surface area contributed by atoms with E-state index in [0.29, 0.717) is 11.6 Å². The molecule has 362 valence electrons. The van der Waals surface area contributed by atoms with Gasteiger partial charge in [0.15, 0.2) is 5.82 Å². The highest BCUT2D eigenvalue weighted by molar-refractivity contribution is 7.15. The number of aliphatic hydroxyl groups excluding tert-OH is 1. The molecule has 0 radical (unpaired) electrons. The highest BCUT2D eigenvalue weighted by atomic mass is 32.1. The number of nitrogens with one attached hydrogen (secondary N) is 2. The lowest BCUT2D eigenvalue weighted by Gasteiger charge is -2.35. The first-order chi connectivity index (χ1) is 33.4. The van der Waals surface area contributed by atoms with E-state index in [4.69, 9.17) is 9.73 Å². The molecule has 1 fully saturated rings. The summed E-state index contributed by atoms with van der Waals surface area (Å²) < 4.78 is 8.67. The number of rotatable bonds is 12. The molecule has 16 nitrogen and oxygen atoms in total. The Morgan fingerprint density at radius 1 is 0.929 bits per heavy atom. The van der Waals surface area contributed by atoms with Crippen molar-refractivity contribution < 1.29 is 29.0 Å². The second kappa shape index (κ2) is 19.1. The molecule has 3 N–H and O–H groups in total. The van der Waals surface area contributed by atoms with E-state index in [-0.39, 0.29) is 37.9 Å². The number of thiophene rings is 1. The van der Waals surface area contributed by atoms with Crippen molar-refractivity contribution in [1.82, 2.24) is 45.1 Å². The highest BCUT2D eigenvalue weighted by Gasteiger charge is 2.45. The van der Waals surface area contributed by atoms with Crippen LogP contribution in [-0.2, 0) is 30.5 Å². The third kappa shape index (κ3) is 9.18. The largest absolute Gasteiger partial charge is 0.469 e. The summed E-state index contributed by atoms with van der Waals surface area (Å²) in [6.45, 7) is 15.3. The second-order valence-electron chi connectivity index (χ2n) is 19.2. The van der Waals surface area contributed by atoms with Crippen molar-refractivity contribution in [3.05, 3.63) is 123 Å². The van der Waals surface area contributed by atoms with Gasteiger partial charge in [0.05, 0.1) is 59.2 Å². The van der Waals surface area contributed by atoms with Crippen LogP contribution in [0.4, 0.5) is 0 Å². The van der Waals surface area contributed by atoms with Crippen molar-refractivity contribution in [3.8, 4) is 26.6 Å². The Morgan fingerprint density at radius 3 is 2.33 bits per heavy atom. The number of carbonyl (C=O) groups excluding carboxylic acids is 4. The first kappa shape index (κ1) is 48.1. The number of esters is 1. The maximum atomic E-state index is 14.4. The van der Waals surface area contributed by atoms with Gasteiger partial charge in [0, 0.05) is 34.4 Å². The number of methoxy groups -OCH3 is 1. The monoisotopic (exact) mass is 980 g/mol. The van der Waals surface area contributed by atoms with Gasteiger partial charge in [-0.3, -0.25) is 33.4 Å². The minimum Gasteiger partial charge on any atom is -0.469 e. The molecule has 1 saturated heterocycles. The fourth-order valence-corrected chi connectivity index (χ4v) is 11.4. The van der Waals surface area contributed by atoms with Crippen LogP contribution in [0.3, 0.4) is 0 Å². The third-order valence-electron chi connectivity index (χ3n) is 13.3. The SMILES string of the molecule is COC(=O)C[C@@H]1N=C(c2ccc(-c3cccc4c3cnn4CC(=O)N[C@H](C(=O)N3C[C@H](O)C[C@H]3C(=O)N[C@@H](C)c3ccc(-c4scnc4C)cc3)C(C)(C)C)cc2)c2c(sc(C)c2C)-n2c(C)nnc21. The Hall–Kier alpha value is -6.89. The number of β-amino-alcohol motifs (C(OH)–C–C–N with tert-alkyl or cyclic N) is 1. The number of aliphatic imine (C=N–C) groups is 1. The van der Waals surface area contributed by atoms with Crippen LogP contribution in [0.5, 0.6) is 0 Å². The third-order valence-corrected chi connectivity index (χ3v) is 15.5. The number of hydrogen-bond donors (Lipinski definition) is 3. The summed E-state index contributed by atoms with van der Waals surface area (Å²) in [4.78, 5) is 68.1. The topological polar surface area (TPSA) is 199 Å². The average molecular weight is 981 g/mol. The molecule has 0 aliphatic carbocycles. The average Bonchev–Trinajstić information content (AvgIpc) is 4.17. The molecule has 18 heteroatoms. The van der Waals surface area contributed by atoms with Gasteiger partial charge in [-0.05, 0) is 73.9 Å². The minimum atomic E-state index is -1.01. The van der Waals surface area contributed by atoms with Gasteiger partial charge < -0.3 is 25.4 Å². The van der Waals surface area contributed by atoms with Gasteiger partial charge in [0.25, 0.3) is 0 Å². The number of aliphatic hydroxyl groups is 1. The van der Waals surface area contributed by atoms with Crippen molar-refractivity contribution in [2.75, 3.05) is 13.7 Å². The van der Waals surface area contributed by atoms with Crippen LogP contribution in [0.2, 0.25) is 0 Å². The van der Waals surface area contributed by atoms with Crippen molar-refractivity contribution in [2.45, 2.75) is 105 Å². The van der Waals surface area contributed by atoms with Gasteiger partial charge in [-0.15, -0.1) is 32.9 Å². The predicted octanol–water partition coefficient (Wildman–Crippen LogP) is 7.53. The molecule has 0 saturated carbocycles. The van der Waals surface area contributed by atoms with Gasteiger partial charge in [0.2, 0.25) is 17.7 Å². The zero-order valence-corrected chi connectivity index (χ0v) is 42.2. The molecule has 2 aliphatic heterocycles. The maximum Gasteiger partial charge on any atom is 0.308 e. The zero-order valence-electron chi connectivity index (χ0n) is 40.6. The van der Waals surface area contributed by atoms with Crippen LogP contribution < -0.4 is 10.6 Å². The summed E-state index contributed by atoms with van der Waals surface area (Å²) in [5, 5.41) is 32.1. The molecule has 3 amide bonds. The number of hydrogen-bond acceptors (Lipinski definition) is 13. The lowest BCUT2D eigenvalue weighted by atomic mass is 9.85. The number of thiazole rings is 1. The number of nitrogens with zero attached hydrogens (tertiary/aromatic N) is 8. The number of fused-ring (bicyclic) bond motifs is 4. The van der Waals surface area contributed by atoms with Crippen LogP contribution >= 0.6 is 22.7 Å². The number of carbonyl (C=O) groups is 4. The van der Waals surface area contributed by atoms with Crippen molar-refractivity contribution in [3.63, 3.8) is 0 Å². The first-order valence-corrected chi connectivity index (χ1v) is 24.9. The van der Waals surface area contributed by atoms with E-state index >= 15 is 0 Å². The smallest absolute Gasteiger partial charge is 0.308 e. The number of ether oxygens (including phenoxy) is 1. The van der Waals surface area contributed by atoms with E-state index in [1.807, 2.05) is 118 Å². The molecule has 0 unspecified atom stereocenters. The summed E-state index contributed by atoms with van der Waals surface area (Å²) >= 11 is 3.22. The fraction of sp³-hybridized carbons (Fsp3) is 0.365. The molecule has 5 atom stereocenters. The van der Waals surface area contributed by atoms with Crippen molar-refractivity contribution >= 4 is 63.0 Å². The van der Waals surface area contributed by atoms with Gasteiger partial charge in [-0.25, -0.2) is 4.98 Å². The van der Waals surface area contributed by atoms with Crippen LogP contribution in [0.15, 0.2) is 83.4 Å². The molecule has 6 heterocycles. The van der Waals surface area contributed by atoms with Gasteiger partial charge in [-0.2, -0.15) is 5.10 Å². The van der Waals surface area contributed by atoms with E-state index in [0.717, 1.165) is 76.0 Å². The molecule has 0 spiro atoms. The summed E-state index contributed by atoms with van der Waals surface area (Å²) in [6.07, 6.45) is 0.918. The Morgan fingerprint density at radius 2 is 1.64 bits per heavy atom. The molecule has 4 aromatic heterocycles. The summed E-state index contributed by atoms with van der Waals surface area (Å²) in [7, 11) is 1.36. The molecular formula is C52H56N10O6S2. The standard InChI is InChI=1S/C52H56N10O6S2/c1-27-30(4)70-51-44(27)45(56-39(22-43(65)68-9)48-59-58-31(5)62(48)51)34-17-15-33(16-18-34)37-11-10-12-40-38(37)23-54-61(40)25-42(64)57-47(52(6,7)8)50(67)60-24-36(63)21-41(60)49(66)55-28(2)32-13-19-35(20-14-32)46-29(3)53-26-69-46/h10-20,23,26,28,36,39,41,47,63H,21-22,24-25H2,1-9H3,(H,55,66)(H,57,64)/t28-,36+,39-,41-,47+/m0/s1. The molecule has 3 aromatic carbocycles. The van der Waals surface area contributed by atoms with Crippen molar-refractivity contribution in [2.24, 2.45) is 10.4 Å². The maximum absolute atomic E-state index is 14.4. The Kier molecular flexibility index (Phi) is 13.2. The van der Waals surface area contributed by atoms with E-state index in [9.17, 15) is 24.3 Å². The van der Waals surface area contributed by atoms with Gasteiger partial charge in [-0.1, -0.05) is 81.4 Å². The zero-order chi connectivity index (χ0) is 49.8. The summed E-state index contributed by atoms with van der Waals surface area (Å²) in [6, 6.07) is 19.0. The lowest BCUT2D eigenvalue weighted by Crippen LogP contribution is -2.58. The quantitative estimate of drug-likeness (QED) is 0.103. The minimum absolute atomic E-state index is 0.00767. The van der Waals surface area contributed by atoms with E-state index in [2.05, 4.69) is 44.8 Å². The van der Waals surface area contributed by atoms with E-state index in [1.165, 1.54) is 12.0 Å². The van der Waals surface area contributed by atoms with E-state index in [1.54, 1.807) is 33.6 Å². The second-order valence-corrected chi connectivity index (χ2v) is 21.2. The number of aryl methyl sites for hydroxylation is 3. The van der Waals surface area contributed by atoms with Crippen LogP contribution in [0.1, 0.15) is 97.1 Å². The normalized spacial score (nSPS) is 17.6. The Labute approximate surface area is 413 Å². The number of amides is 3. The summed E-state index contributed by atoms with van der Waals surface area (Å²) in [5.41, 5.74) is 10.2. The number of likely N-dealkylation sites (tertiary alicyclic amines) is 1. The molecule has 2 aliphatic rings. The van der Waals surface area contributed by atoms with Crippen LogP contribution in [-0.4, -0.2) is 101 Å². The van der Waals surface area contributed by atoms with Crippen LogP contribution in [0.25, 0.3) is 37.5 Å². The summed E-state index contributed by atoms with van der Waals surface area (Å²) in [5.74, 6) is -0.359. The molecule has 9 rings (SSSR count). The highest BCUT2D eigenvalue weighted by Crippen LogP contribution is 2.40. The molecule has 0 bridgehead atoms. The lowest BCUT2D eigenvalue weighted by molar-refractivity contribution is -0.144. The molecule has 7 aromatic rings. The number of aromatic nitrogens is 6. The predicted molar refractivity (Wildman–Crippen MR) is 270 cm³/mol. The molecule has 70 heavy (non-hydrogen) atoms. The first-order valence-electron chi connectivity index (χ1n) is 23.2. The Balaban J connectivity index is 0.911. The van der Waals surface area contributed by atoms with Gasteiger partial charge >= 0.3 is 5.97 Å². The fourth-order valence-electron chi connectivity index (χ4n) is 9.41.